The number of nitrogens with two attached hydrogens (primary N) is 1. The van der Waals surface area contributed by atoms with Crippen molar-refractivity contribution in [1.29, 1.82) is 0 Å². The molecule has 32 heavy (non-hydrogen) atoms. The van der Waals surface area contributed by atoms with Crippen molar-refractivity contribution in [3.63, 3.8) is 0 Å². The molecule has 2 N–H and O–H groups in total. The molecule has 1 saturated carbocycles. The van der Waals surface area contributed by atoms with Crippen molar-refractivity contribution < 1.29 is 8.95 Å². The van der Waals surface area contributed by atoms with Gasteiger partial charge in [0.1, 0.15) is 5.75 Å². The molecule has 0 bridgehead atoms. The number of ether oxygens (including phenoxy) is 1. The zero-order valence-electron chi connectivity index (χ0n) is 18.2. The van der Waals surface area contributed by atoms with Crippen molar-refractivity contribution in [3.8, 4) is 16.9 Å². The number of aryl methyl sites for hydroxylation is 1. The summed E-state index contributed by atoms with van der Waals surface area (Å²) in [5.41, 5.74) is 7.94. The zero-order chi connectivity index (χ0) is 22.8. The van der Waals surface area contributed by atoms with Crippen LogP contribution in [0.2, 0.25) is 0 Å². The first-order chi connectivity index (χ1) is 15.4. The Kier molecular flexibility index (Phi) is 6.18. The average Bonchev–Trinajstić information content (AvgIpc) is 3.62. The molecule has 0 spiro atoms. The van der Waals surface area contributed by atoms with Crippen LogP contribution in [0.3, 0.4) is 0 Å². The quantitative estimate of drug-likeness (QED) is 0.553. The van der Waals surface area contributed by atoms with Gasteiger partial charge in [-0.25, -0.2) is 9.97 Å². The minimum absolute atomic E-state index is 0.214. The second-order valence-electron chi connectivity index (χ2n) is 7.79. The number of aromatic nitrogens is 3. The molecule has 0 saturated heterocycles. The normalized spacial score (nSPS) is 15.4. The van der Waals surface area contributed by atoms with E-state index in [-0.39, 0.29) is 5.56 Å². The number of rotatable bonds is 7. The molecule has 0 amide bonds. The molecule has 1 atom stereocenters. The third-order valence-corrected chi connectivity index (χ3v) is 6.29. The molecular formula is C23H25N5O3S. The third kappa shape index (κ3) is 4.34. The predicted molar refractivity (Wildman–Crippen MR) is 127 cm³/mol. The molecule has 1 aliphatic carbocycles. The molecule has 2 heterocycles. The topological polar surface area (TPSA) is 112 Å². The summed E-state index contributed by atoms with van der Waals surface area (Å²) < 4.78 is 19.8. The van der Waals surface area contributed by atoms with Gasteiger partial charge in [-0.05, 0) is 37.0 Å². The SMILES string of the molecule is CN=CC(=CN)c1ncc2c(=O)n(C)cc(-c3cc(S(C)=O)ccc3OCC3CC3)c2n1. The Morgan fingerprint density at radius 2 is 2.16 bits per heavy atom. The minimum Gasteiger partial charge on any atom is -0.493 e. The lowest BCUT2D eigenvalue weighted by molar-refractivity contribution is 0.301. The summed E-state index contributed by atoms with van der Waals surface area (Å²) in [6.45, 7) is 0.624. The van der Waals surface area contributed by atoms with Crippen LogP contribution in [0.1, 0.15) is 18.7 Å². The van der Waals surface area contributed by atoms with Gasteiger partial charge in [0.2, 0.25) is 0 Å². The summed E-state index contributed by atoms with van der Waals surface area (Å²) in [4.78, 5) is 26.5. The van der Waals surface area contributed by atoms with Crippen LogP contribution in [0.4, 0.5) is 0 Å². The highest BCUT2D eigenvalue weighted by Crippen LogP contribution is 2.37. The van der Waals surface area contributed by atoms with Crippen molar-refractivity contribution >= 4 is 33.5 Å². The summed E-state index contributed by atoms with van der Waals surface area (Å²) >= 11 is 0. The van der Waals surface area contributed by atoms with Crippen LogP contribution in [0.25, 0.3) is 27.6 Å². The molecule has 2 aromatic heterocycles. The number of aliphatic imine (C=N–C) groups is 1. The fourth-order valence-electron chi connectivity index (χ4n) is 3.41. The van der Waals surface area contributed by atoms with Gasteiger partial charge in [-0.2, -0.15) is 0 Å². The fourth-order valence-corrected chi connectivity index (χ4v) is 3.96. The highest BCUT2D eigenvalue weighted by molar-refractivity contribution is 7.84. The summed E-state index contributed by atoms with van der Waals surface area (Å²) in [6.07, 6.45) is 10.1. The van der Waals surface area contributed by atoms with Crippen LogP contribution in [0.15, 0.2) is 51.5 Å². The van der Waals surface area contributed by atoms with E-state index in [4.69, 9.17) is 10.5 Å². The maximum atomic E-state index is 12.8. The van der Waals surface area contributed by atoms with E-state index in [1.807, 2.05) is 12.1 Å². The van der Waals surface area contributed by atoms with Crippen LogP contribution in [0, 0.1) is 5.92 Å². The molecule has 1 fully saturated rings. The van der Waals surface area contributed by atoms with E-state index in [0.29, 0.717) is 51.0 Å². The Morgan fingerprint density at radius 1 is 1.38 bits per heavy atom. The van der Waals surface area contributed by atoms with Crippen molar-refractivity contribution in [3.05, 3.63) is 53.0 Å². The number of benzene rings is 1. The smallest absolute Gasteiger partial charge is 0.261 e. The summed E-state index contributed by atoms with van der Waals surface area (Å²) in [6, 6.07) is 5.48. The van der Waals surface area contributed by atoms with E-state index < -0.39 is 10.8 Å². The zero-order valence-corrected chi connectivity index (χ0v) is 19.1. The van der Waals surface area contributed by atoms with Gasteiger partial charge in [0.25, 0.3) is 5.56 Å². The Balaban J connectivity index is 1.98. The molecule has 1 aliphatic rings. The van der Waals surface area contributed by atoms with E-state index in [9.17, 15) is 9.00 Å². The molecule has 1 unspecified atom stereocenters. The second-order valence-corrected chi connectivity index (χ2v) is 9.17. The minimum atomic E-state index is -1.18. The Morgan fingerprint density at radius 3 is 2.81 bits per heavy atom. The lowest BCUT2D eigenvalue weighted by atomic mass is 10.0. The van der Waals surface area contributed by atoms with Crippen LogP contribution < -0.4 is 16.0 Å². The average molecular weight is 452 g/mol. The van der Waals surface area contributed by atoms with Gasteiger partial charge in [-0.15, -0.1) is 0 Å². The van der Waals surface area contributed by atoms with Gasteiger partial charge in [-0.1, -0.05) is 0 Å². The van der Waals surface area contributed by atoms with Gasteiger partial charge in [0.05, 0.1) is 23.1 Å². The maximum Gasteiger partial charge on any atom is 0.261 e. The molecule has 9 heteroatoms. The highest BCUT2D eigenvalue weighted by atomic mass is 32.2. The van der Waals surface area contributed by atoms with Crippen molar-refractivity contribution in [2.45, 2.75) is 17.7 Å². The number of hydrogen-bond acceptors (Lipinski definition) is 7. The van der Waals surface area contributed by atoms with Gasteiger partial charge >= 0.3 is 0 Å². The molecule has 3 aromatic rings. The number of fused-ring (bicyclic) bond motifs is 1. The molecule has 4 rings (SSSR count). The monoisotopic (exact) mass is 451 g/mol. The van der Waals surface area contributed by atoms with E-state index >= 15 is 0 Å². The summed E-state index contributed by atoms with van der Waals surface area (Å²) in [5.74, 6) is 1.59. The Bertz CT molecular complexity index is 1330. The Labute approximate surface area is 188 Å². The van der Waals surface area contributed by atoms with E-state index in [2.05, 4.69) is 15.0 Å². The summed E-state index contributed by atoms with van der Waals surface area (Å²) in [7, 11) is 2.13. The fraction of sp³-hybridized carbons (Fsp3) is 0.304. The first-order valence-corrected chi connectivity index (χ1v) is 11.8. The van der Waals surface area contributed by atoms with Crippen molar-refractivity contribution in [2.75, 3.05) is 19.9 Å². The maximum absolute atomic E-state index is 12.8. The standard InChI is InChI=1S/C23H25N5O3S/c1-25-10-15(9-24)22-26-11-18-21(27-22)19(12-28(2)23(18)29)17-8-16(32(3)30)6-7-20(17)31-13-14-4-5-14/h6-12,14H,4-5,13,24H2,1-3H3. The number of hydrogen-bond donors (Lipinski definition) is 1. The van der Waals surface area contributed by atoms with Crippen LogP contribution >= 0.6 is 0 Å². The molecular weight excluding hydrogens is 426 g/mol. The highest BCUT2D eigenvalue weighted by Gasteiger charge is 2.23. The van der Waals surface area contributed by atoms with Crippen LogP contribution in [-0.2, 0) is 17.8 Å². The molecule has 0 aliphatic heterocycles. The number of nitrogens with zero attached hydrogens (tertiary/aromatic N) is 4. The molecule has 1 aromatic carbocycles. The van der Waals surface area contributed by atoms with E-state index in [0.717, 1.165) is 5.56 Å². The van der Waals surface area contributed by atoms with Crippen LogP contribution in [-0.4, -0.2) is 44.9 Å². The van der Waals surface area contributed by atoms with Gasteiger partial charge < -0.3 is 15.0 Å². The lowest BCUT2D eigenvalue weighted by Gasteiger charge is -2.15. The largest absolute Gasteiger partial charge is 0.493 e. The second kappa shape index (κ2) is 9.04. The number of pyridine rings is 1. The number of allylic oxidation sites excluding steroid dienone is 1. The van der Waals surface area contributed by atoms with Gasteiger partial charge in [0, 0.05) is 72.0 Å². The van der Waals surface area contributed by atoms with Gasteiger partial charge in [0.15, 0.2) is 5.82 Å². The first kappa shape index (κ1) is 21.9. The summed E-state index contributed by atoms with van der Waals surface area (Å²) in [5, 5.41) is 0.370. The van der Waals surface area contributed by atoms with Crippen LogP contribution in [0.5, 0.6) is 5.75 Å². The molecule has 166 valence electrons. The Hall–Kier alpha value is -3.33. The van der Waals surface area contributed by atoms with E-state index in [1.165, 1.54) is 29.8 Å². The first-order valence-electron chi connectivity index (χ1n) is 10.2. The van der Waals surface area contributed by atoms with Crippen molar-refractivity contribution in [1.82, 2.24) is 14.5 Å². The molecule has 0 radical (unpaired) electrons. The lowest BCUT2D eigenvalue weighted by Crippen LogP contribution is -2.18. The molecule has 8 nitrogen and oxygen atoms in total. The van der Waals surface area contributed by atoms with E-state index in [1.54, 1.807) is 38.8 Å². The third-order valence-electron chi connectivity index (χ3n) is 5.37. The van der Waals surface area contributed by atoms with Crippen molar-refractivity contribution in [2.24, 2.45) is 23.7 Å². The predicted octanol–water partition coefficient (Wildman–Crippen LogP) is 2.52. The van der Waals surface area contributed by atoms with Gasteiger partial charge in [-0.3, -0.25) is 14.0 Å².